The molecule has 3 heteroatoms. The summed E-state index contributed by atoms with van der Waals surface area (Å²) in [7, 11) is -1.56. The van der Waals surface area contributed by atoms with Crippen LogP contribution in [0, 0.1) is 4.78 Å². The van der Waals surface area contributed by atoms with Crippen LogP contribution in [0.3, 0.4) is 0 Å². The van der Waals surface area contributed by atoms with Gasteiger partial charge in [0, 0.05) is 5.37 Å². The van der Waals surface area contributed by atoms with Gasteiger partial charge in [-0.25, -0.2) is 8.99 Å². The van der Waals surface area contributed by atoms with Crippen molar-refractivity contribution < 1.29 is 4.21 Å². The van der Waals surface area contributed by atoms with E-state index < -0.39 is 10.2 Å². The van der Waals surface area contributed by atoms with Gasteiger partial charge in [-0.1, -0.05) is 12.7 Å². The van der Waals surface area contributed by atoms with Crippen LogP contribution in [0.2, 0.25) is 0 Å². The van der Waals surface area contributed by atoms with Crippen molar-refractivity contribution >= 4 is 15.6 Å². The fraction of sp³-hybridized carbons (Fsp3) is 0. The zero-order valence-electron chi connectivity index (χ0n) is 3.18. The van der Waals surface area contributed by atoms with Gasteiger partial charge in [-0.05, 0) is 0 Å². The summed E-state index contributed by atoms with van der Waals surface area (Å²) in [6.45, 7) is 3.23. The van der Waals surface area contributed by atoms with E-state index in [2.05, 4.69) is 6.58 Å². The van der Waals surface area contributed by atoms with E-state index >= 15 is 0 Å². The zero-order chi connectivity index (χ0) is 4.99. The lowest BCUT2D eigenvalue weighted by molar-refractivity contribution is 0.695. The summed E-state index contributed by atoms with van der Waals surface area (Å²) < 4.78 is 16.0. The standard InChI is InChI=1S/C3H5NOS/c1-2-3-6(4)5/h2-4H,1H2. The molecule has 0 fully saturated rings. The van der Waals surface area contributed by atoms with Crippen LogP contribution in [0.25, 0.3) is 0 Å². The average Bonchev–Trinajstić information content (AvgIpc) is 1.35. The van der Waals surface area contributed by atoms with Gasteiger partial charge < -0.3 is 0 Å². The molecule has 0 aromatic heterocycles. The lowest BCUT2D eigenvalue weighted by Crippen LogP contribution is -1.56. The molecule has 0 unspecified atom stereocenters. The minimum absolute atomic E-state index is 1.19. The number of nitrogens with one attached hydrogen (secondary N) is 1. The first-order chi connectivity index (χ1) is 2.77. The number of hydrogen-bond acceptors (Lipinski definition) is 2. The Hall–Kier alpha value is -0.570. The Morgan fingerprint density at radius 2 is 2.33 bits per heavy atom. The van der Waals surface area contributed by atoms with Crippen LogP contribution < -0.4 is 0 Å². The monoisotopic (exact) mass is 103 g/mol. The smallest absolute Gasteiger partial charge is 0.0936 e. The van der Waals surface area contributed by atoms with Crippen molar-refractivity contribution in [3.8, 4) is 0 Å². The molecule has 0 aliphatic carbocycles. The average molecular weight is 103 g/mol. The predicted octanol–water partition coefficient (Wildman–Crippen LogP) is 0.486. The van der Waals surface area contributed by atoms with Crippen molar-refractivity contribution in [1.29, 1.82) is 4.78 Å². The van der Waals surface area contributed by atoms with E-state index in [9.17, 15) is 4.21 Å². The van der Waals surface area contributed by atoms with Gasteiger partial charge in [-0.2, -0.15) is 0 Å². The number of allylic oxidation sites excluding steroid dienone is 1. The van der Waals surface area contributed by atoms with Crippen LogP contribution in [0.1, 0.15) is 0 Å². The minimum Gasteiger partial charge on any atom is -0.222 e. The van der Waals surface area contributed by atoms with Crippen LogP contribution in [0.5, 0.6) is 0 Å². The molecule has 6 heavy (non-hydrogen) atoms. The second kappa shape index (κ2) is 2.66. The molecule has 2 nitrogen and oxygen atoms in total. The van der Waals surface area contributed by atoms with E-state index in [1.807, 2.05) is 0 Å². The highest BCUT2D eigenvalue weighted by molar-refractivity contribution is 7.72. The second-order valence-corrected chi connectivity index (χ2v) is 1.54. The summed E-state index contributed by atoms with van der Waals surface area (Å²) in [5.74, 6) is 0. The third kappa shape index (κ3) is 3.43. The first-order valence-corrected chi connectivity index (χ1v) is 2.56. The molecule has 0 heterocycles. The molecule has 0 spiro atoms. The van der Waals surface area contributed by atoms with E-state index in [-0.39, 0.29) is 0 Å². The molecule has 0 aromatic carbocycles. The largest absolute Gasteiger partial charge is 0.222 e. The van der Waals surface area contributed by atoms with Gasteiger partial charge in [0.2, 0.25) is 0 Å². The Balaban J connectivity index is 4.17. The molecule has 0 saturated heterocycles. The molecule has 0 aromatic rings. The van der Waals surface area contributed by atoms with Crippen molar-refractivity contribution in [2.75, 3.05) is 0 Å². The Morgan fingerprint density at radius 1 is 1.83 bits per heavy atom. The maximum Gasteiger partial charge on any atom is 0.0936 e. The molecular formula is C3H5NOS. The Kier molecular flexibility index (Phi) is 2.40. The van der Waals surface area contributed by atoms with Crippen LogP contribution in [0.4, 0.5) is 0 Å². The lowest BCUT2D eigenvalue weighted by Gasteiger charge is -1.50. The summed E-state index contributed by atoms with van der Waals surface area (Å²) in [6, 6.07) is 0. The number of rotatable bonds is 1. The lowest BCUT2D eigenvalue weighted by atomic mass is 10.8. The summed E-state index contributed by atoms with van der Waals surface area (Å²) in [5.41, 5.74) is 0. The van der Waals surface area contributed by atoms with Crippen LogP contribution in [-0.4, -0.2) is 9.58 Å². The molecular weight excluding hydrogens is 98.1 g/mol. The maximum atomic E-state index is 9.69. The Labute approximate surface area is 38.1 Å². The number of hydrogen-bond donors (Lipinski definition) is 1. The summed E-state index contributed by atoms with van der Waals surface area (Å²) >= 11 is 0. The first-order valence-electron chi connectivity index (χ1n) is 1.35. The molecule has 34 valence electrons. The van der Waals surface area contributed by atoms with Gasteiger partial charge in [0.25, 0.3) is 0 Å². The normalized spacial score (nSPS) is 6.67. The second-order valence-electron chi connectivity index (χ2n) is 0.669. The highest BCUT2D eigenvalue weighted by Crippen LogP contribution is 1.45. The highest BCUT2D eigenvalue weighted by Gasteiger charge is 1.48. The van der Waals surface area contributed by atoms with Gasteiger partial charge in [0.15, 0.2) is 0 Å². The topological polar surface area (TPSA) is 40.9 Å². The van der Waals surface area contributed by atoms with Gasteiger partial charge in [-0.3, -0.25) is 0 Å². The van der Waals surface area contributed by atoms with E-state index in [1.165, 1.54) is 11.4 Å². The summed E-state index contributed by atoms with van der Waals surface area (Å²) in [5, 5.41) is 1.19. The molecule has 0 amide bonds. The SMILES string of the molecule is C=CC=S(=N)=O. The molecule has 0 radical (unpaired) electrons. The predicted molar refractivity (Wildman–Crippen MR) is 27.1 cm³/mol. The van der Waals surface area contributed by atoms with E-state index in [0.717, 1.165) is 0 Å². The van der Waals surface area contributed by atoms with Crippen molar-refractivity contribution in [2.45, 2.75) is 0 Å². The van der Waals surface area contributed by atoms with E-state index in [0.29, 0.717) is 0 Å². The quantitative estimate of drug-likeness (QED) is 0.380. The van der Waals surface area contributed by atoms with Crippen molar-refractivity contribution in [1.82, 2.24) is 0 Å². The van der Waals surface area contributed by atoms with Gasteiger partial charge in [0.1, 0.15) is 0 Å². The van der Waals surface area contributed by atoms with Crippen LogP contribution in [0.15, 0.2) is 12.7 Å². The molecule has 0 atom stereocenters. The van der Waals surface area contributed by atoms with Gasteiger partial charge in [-0.15, -0.1) is 0 Å². The molecule has 0 saturated carbocycles. The summed E-state index contributed by atoms with van der Waals surface area (Å²) in [4.78, 5) is 0. The minimum atomic E-state index is -1.56. The van der Waals surface area contributed by atoms with Crippen molar-refractivity contribution in [3.05, 3.63) is 12.7 Å². The highest BCUT2D eigenvalue weighted by atomic mass is 32.2. The molecule has 0 bridgehead atoms. The third-order valence-corrected chi connectivity index (χ3v) is 0.659. The fourth-order valence-electron chi connectivity index (χ4n) is 0.0874. The fourth-order valence-corrected chi connectivity index (χ4v) is 0.262. The molecule has 0 rings (SSSR count). The Bertz CT molecular complexity index is 146. The van der Waals surface area contributed by atoms with Gasteiger partial charge >= 0.3 is 0 Å². The van der Waals surface area contributed by atoms with Crippen molar-refractivity contribution in [2.24, 2.45) is 0 Å². The van der Waals surface area contributed by atoms with Crippen LogP contribution >= 0.6 is 0 Å². The molecule has 0 aliphatic heterocycles. The Morgan fingerprint density at radius 3 is 2.33 bits per heavy atom. The maximum absolute atomic E-state index is 9.69. The van der Waals surface area contributed by atoms with Crippen LogP contribution in [-0.2, 0) is 10.2 Å². The van der Waals surface area contributed by atoms with Crippen molar-refractivity contribution in [3.63, 3.8) is 0 Å². The van der Waals surface area contributed by atoms with E-state index in [4.69, 9.17) is 4.78 Å². The third-order valence-electron chi connectivity index (χ3n) is 0.220. The van der Waals surface area contributed by atoms with Gasteiger partial charge in [0.05, 0.1) is 10.2 Å². The zero-order valence-corrected chi connectivity index (χ0v) is 3.99. The summed E-state index contributed by atoms with van der Waals surface area (Å²) in [6.07, 6.45) is 1.34. The van der Waals surface area contributed by atoms with E-state index in [1.54, 1.807) is 0 Å². The molecule has 0 aliphatic rings. The first kappa shape index (κ1) is 5.43. The molecule has 1 N–H and O–H groups in total.